The third-order valence-electron chi connectivity index (χ3n) is 1.09. The molecule has 1 heterocycles. The summed E-state index contributed by atoms with van der Waals surface area (Å²) >= 11 is 0. The highest BCUT2D eigenvalue weighted by Crippen LogP contribution is 2.00. The van der Waals surface area contributed by atoms with Crippen LogP contribution in [0.15, 0.2) is 0 Å². The second-order valence-corrected chi connectivity index (χ2v) is 1.82. The van der Waals surface area contributed by atoms with Crippen molar-refractivity contribution in [2.75, 3.05) is 0 Å². The highest BCUT2D eigenvalue weighted by atomic mass is 16.2. The van der Waals surface area contributed by atoms with Crippen LogP contribution in [-0.4, -0.2) is 11.8 Å². The van der Waals surface area contributed by atoms with Crippen LogP contribution in [0.25, 0.3) is 0 Å². The van der Waals surface area contributed by atoms with E-state index in [0.29, 0.717) is 19.3 Å². The molecule has 1 fully saturated rings. The third-order valence-corrected chi connectivity index (χ3v) is 1.09. The summed E-state index contributed by atoms with van der Waals surface area (Å²) in [5, 5.41) is 2.20. The maximum absolute atomic E-state index is 10.3. The van der Waals surface area contributed by atoms with Gasteiger partial charge in [0, 0.05) is 14.3 Å². The van der Waals surface area contributed by atoms with Crippen LogP contribution in [0, 0.1) is 0 Å². The third kappa shape index (κ3) is 3.22. The second-order valence-electron chi connectivity index (χ2n) is 1.82. The van der Waals surface area contributed by atoms with E-state index < -0.39 is 0 Å². The fourth-order valence-electron chi connectivity index (χ4n) is 0.690. The zero-order valence-corrected chi connectivity index (χ0v) is 6.44. The quantitative estimate of drug-likeness (QED) is 0.518. The molecule has 0 aliphatic carbocycles. The van der Waals surface area contributed by atoms with E-state index in [0.717, 1.165) is 0 Å². The molecule has 0 unspecified atom stereocenters. The summed E-state index contributed by atoms with van der Waals surface area (Å²) in [6.07, 6.45) is 1.72. The zero-order valence-electron chi connectivity index (χ0n) is 6.44. The molecule has 1 saturated heterocycles. The van der Waals surface area contributed by atoms with E-state index in [4.69, 9.17) is 0 Å². The summed E-state index contributed by atoms with van der Waals surface area (Å²) in [6.45, 7) is 4.00. The summed E-state index contributed by atoms with van der Waals surface area (Å²) < 4.78 is 0. The molecular formula is C7H15NO2. The van der Waals surface area contributed by atoms with Crippen LogP contribution in [0.4, 0.5) is 0 Å². The average Bonchev–Trinajstić information content (AvgIpc) is 1.91. The molecule has 1 rings (SSSR count). The molecule has 0 aromatic carbocycles. The molecule has 0 bridgehead atoms. The van der Waals surface area contributed by atoms with E-state index in [1.165, 1.54) is 0 Å². The first-order valence-corrected chi connectivity index (χ1v) is 3.62. The lowest BCUT2D eigenvalue weighted by molar-refractivity contribution is -0.132. The average molecular weight is 145 g/mol. The Morgan fingerprint density at radius 2 is 1.60 bits per heavy atom. The van der Waals surface area contributed by atoms with Crippen molar-refractivity contribution >= 4 is 11.8 Å². The maximum Gasteiger partial charge on any atom is 0.226 e. The van der Waals surface area contributed by atoms with Gasteiger partial charge in [0.25, 0.3) is 0 Å². The predicted octanol–water partition coefficient (Wildman–Crippen LogP) is 1.09. The minimum absolute atomic E-state index is 0. The number of carbonyl (C=O) groups is 2. The standard InChI is InChI=1S/C5H7NO2.C2H6.H2/c7-4-2-1-3-5(8)6-4;1-2;/h1-3H2,(H,6,7,8);1-2H3;1H. The lowest BCUT2D eigenvalue weighted by Gasteiger charge is -2.07. The molecule has 0 aromatic rings. The van der Waals surface area contributed by atoms with E-state index in [-0.39, 0.29) is 13.2 Å². The van der Waals surface area contributed by atoms with E-state index >= 15 is 0 Å². The largest absolute Gasteiger partial charge is 0.296 e. The van der Waals surface area contributed by atoms with Crippen molar-refractivity contribution in [3.63, 3.8) is 0 Å². The van der Waals surface area contributed by atoms with Crippen molar-refractivity contribution in [2.24, 2.45) is 0 Å². The number of carbonyl (C=O) groups excluding carboxylic acids is 2. The van der Waals surface area contributed by atoms with Crippen LogP contribution in [-0.2, 0) is 9.59 Å². The van der Waals surface area contributed by atoms with Crippen molar-refractivity contribution < 1.29 is 11.0 Å². The van der Waals surface area contributed by atoms with Crippen LogP contribution < -0.4 is 5.32 Å². The van der Waals surface area contributed by atoms with Gasteiger partial charge in [-0.2, -0.15) is 0 Å². The minimum atomic E-state index is -0.138. The molecule has 1 aliphatic rings. The molecule has 0 saturated carbocycles. The van der Waals surface area contributed by atoms with E-state index in [1.807, 2.05) is 13.8 Å². The summed E-state index contributed by atoms with van der Waals surface area (Å²) in [4.78, 5) is 20.7. The smallest absolute Gasteiger partial charge is 0.226 e. The van der Waals surface area contributed by atoms with Crippen LogP contribution >= 0.6 is 0 Å². The number of amides is 2. The Balaban J connectivity index is 0. The highest BCUT2D eigenvalue weighted by molar-refractivity contribution is 5.97. The first-order chi connectivity index (χ1) is 4.79. The topological polar surface area (TPSA) is 46.2 Å². The Bertz CT molecular complexity index is 122. The van der Waals surface area contributed by atoms with Crippen LogP contribution in [0.5, 0.6) is 0 Å². The summed E-state index contributed by atoms with van der Waals surface area (Å²) in [5.74, 6) is -0.275. The molecule has 2 amide bonds. The molecule has 1 aliphatic heterocycles. The molecule has 1 N–H and O–H groups in total. The van der Waals surface area contributed by atoms with Crippen LogP contribution in [0.2, 0.25) is 0 Å². The lowest BCUT2D eigenvalue weighted by atomic mass is 10.1. The van der Waals surface area contributed by atoms with Crippen LogP contribution in [0.3, 0.4) is 0 Å². The number of hydrogen-bond donors (Lipinski definition) is 1. The second kappa shape index (κ2) is 4.97. The van der Waals surface area contributed by atoms with Crippen molar-refractivity contribution in [1.82, 2.24) is 5.32 Å². The van der Waals surface area contributed by atoms with Gasteiger partial charge in [-0.1, -0.05) is 13.8 Å². The van der Waals surface area contributed by atoms with Crippen molar-refractivity contribution in [1.29, 1.82) is 0 Å². The van der Waals surface area contributed by atoms with Gasteiger partial charge in [-0.15, -0.1) is 0 Å². The summed E-state index contributed by atoms with van der Waals surface area (Å²) in [7, 11) is 0. The number of piperidine rings is 1. The summed E-state index contributed by atoms with van der Waals surface area (Å²) in [6, 6.07) is 0. The molecule has 0 spiro atoms. The molecule has 0 atom stereocenters. The molecular weight excluding hydrogens is 130 g/mol. The van der Waals surface area contributed by atoms with E-state index in [9.17, 15) is 9.59 Å². The fourth-order valence-corrected chi connectivity index (χ4v) is 0.690. The molecule has 3 heteroatoms. The number of imide groups is 1. The highest BCUT2D eigenvalue weighted by Gasteiger charge is 2.12. The van der Waals surface area contributed by atoms with Gasteiger partial charge in [0.15, 0.2) is 0 Å². The van der Waals surface area contributed by atoms with Gasteiger partial charge in [0.1, 0.15) is 0 Å². The van der Waals surface area contributed by atoms with E-state index in [1.54, 1.807) is 0 Å². The predicted molar refractivity (Wildman–Crippen MR) is 40.5 cm³/mol. The minimum Gasteiger partial charge on any atom is -0.296 e. The monoisotopic (exact) mass is 145 g/mol. The van der Waals surface area contributed by atoms with Gasteiger partial charge in [0.2, 0.25) is 11.8 Å². The maximum atomic E-state index is 10.3. The van der Waals surface area contributed by atoms with Gasteiger partial charge < -0.3 is 0 Å². The van der Waals surface area contributed by atoms with E-state index in [2.05, 4.69) is 5.32 Å². The first-order valence-electron chi connectivity index (χ1n) is 3.62. The number of nitrogens with one attached hydrogen (secondary N) is 1. The molecule has 10 heavy (non-hydrogen) atoms. The molecule has 3 nitrogen and oxygen atoms in total. The van der Waals surface area contributed by atoms with Crippen LogP contribution in [0.1, 0.15) is 34.5 Å². The van der Waals surface area contributed by atoms with Crippen molar-refractivity contribution in [3.8, 4) is 0 Å². The number of hydrogen-bond acceptors (Lipinski definition) is 2. The molecule has 0 radical (unpaired) electrons. The SMILES string of the molecule is CC.O=C1CCCC(=O)N1.[HH]. The van der Waals surface area contributed by atoms with Gasteiger partial charge in [-0.05, 0) is 6.42 Å². The van der Waals surface area contributed by atoms with Gasteiger partial charge >= 0.3 is 0 Å². The molecule has 0 aromatic heterocycles. The fraction of sp³-hybridized carbons (Fsp3) is 0.714. The van der Waals surface area contributed by atoms with Crippen molar-refractivity contribution in [2.45, 2.75) is 33.1 Å². The Morgan fingerprint density at radius 1 is 1.20 bits per heavy atom. The summed E-state index contributed by atoms with van der Waals surface area (Å²) in [5.41, 5.74) is 0. The Morgan fingerprint density at radius 3 is 1.80 bits per heavy atom. The number of rotatable bonds is 0. The zero-order chi connectivity index (χ0) is 7.98. The lowest BCUT2D eigenvalue weighted by Crippen LogP contribution is -2.33. The normalized spacial score (nSPS) is 17.0. The van der Waals surface area contributed by atoms with Gasteiger partial charge in [-0.3, -0.25) is 14.9 Å². The van der Waals surface area contributed by atoms with Crippen molar-refractivity contribution in [3.05, 3.63) is 0 Å². The first kappa shape index (κ1) is 9.14. The van der Waals surface area contributed by atoms with Gasteiger partial charge in [-0.25, -0.2) is 0 Å². The van der Waals surface area contributed by atoms with Gasteiger partial charge in [0.05, 0.1) is 0 Å². The Hall–Kier alpha value is -0.860. The molecule has 60 valence electrons. The Labute approximate surface area is 62.3 Å². The Kier molecular flexibility index (Phi) is 4.54.